The lowest BCUT2D eigenvalue weighted by Crippen LogP contribution is -2.26. The molecule has 4 nitrogen and oxygen atoms in total. The van der Waals surface area contributed by atoms with E-state index in [9.17, 15) is 14.0 Å². The van der Waals surface area contributed by atoms with Crippen molar-refractivity contribution in [3.63, 3.8) is 0 Å². The van der Waals surface area contributed by atoms with E-state index in [0.717, 1.165) is 0 Å². The van der Waals surface area contributed by atoms with Gasteiger partial charge in [-0.3, -0.25) is 9.59 Å². The molecule has 2 amide bonds. The fraction of sp³-hybridized carbons (Fsp3) is 0.100. The molecule has 3 aromatic rings. The molecule has 2 aromatic carbocycles. The smallest absolute Gasteiger partial charge is 0.265 e. The summed E-state index contributed by atoms with van der Waals surface area (Å²) in [6.07, 6.45) is 0.383. The molecule has 7 heteroatoms. The molecule has 0 aliphatic carbocycles. The number of thiophene rings is 1. The highest BCUT2D eigenvalue weighted by molar-refractivity contribution is 7.12. The van der Waals surface area contributed by atoms with Gasteiger partial charge in [-0.15, -0.1) is 11.3 Å². The molecule has 138 valence electrons. The van der Waals surface area contributed by atoms with Gasteiger partial charge in [-0.2, -0.15) is 0 Å². The van der Waals surface area contributed by atoms with Crippen LogP contribution in [0.3, 0.4) is 0 Å². The largest absolute Gasteiger partial charge is 0.352 e. The van der Waals surface area contributed by atoms with Gasteiger partial charge >= 0.3 is 0 Å². The van der Waals surface area contributed by atoms with Gasteiger partial charge in [-0.05, 0) is 47.7 Å². The third-order valence-electron chi connectivity index (χ3n) is 3.86. The van der Waals surface area contributed by atoms with Crippen LogP contribution in [0.5, 0.6) is 0 Å². The number of hydrogen-bond donors (Lipinski definition) is 2. The van der Waals surface area contributed by atoms with Gasteiger partial charge in [0.15, 0.2) is 0 Å². The fourth-order valence-electron chi connectivity index (χ4n) is 2.47. The van der Waals surface area contributed by atoms with E-state index in [1.165, 1.54) is 23.5 Å². The van der Waals surface area contributed by atoms with Crippen LogP contribution in [0.2, 0.25) is 5.02 Å². The van der Waals surface area contributed by atoms with E-state index in [1.807, 2.05) is 0 Å². The van der Waals surface area contributed by atoms with Crippen LogP contribution in [0.15, 0.2) is 60.0 Å². The van der Waals surface area contributed by atoms with Crippen LogP contribution in [0.1, 0.15) is 25.6 Å². The third kappa shape index (κ3) is 4.93. The van der Waals surface area contributed by atoms with Gasteiger partial charge in [0.05, 0.1) is 15.6 Å². The number of anilines is 1. The fourth-order valence-corrected chi connectivity index (χ4v) is 3.25. The minimum atomic E-state index is -0.324. The Labute approximate surface area is 165 Å². The van der Waals surface area contributed by atoms with Crippen molar-refractivity contribution in [1.82, 2.24) is 5.32 Å². The number of halogens is 2. The van der Waals surface area contributed by atoms with Crippen molar-refractivity contribution in [2.24, 2.45) is 0 Å². The zero-order valence-corrected chi connectivity index (χ0v) is 15.7. The topological polar surface area (TPSA) is 58.2 Å². The summed E-state index contributed by atoms with van der Waals surface area (Å²) in [4.78, 5) is 25.1. The second-order valence-electron chi connectivity index (χ2n) is 5.72. The summed E-state index contributed by atoms with van der Waals surface area (Å²) in [5, 5.41) is 7.59. The minimum absolute atomic E-state index is 0.288. The summed E-state index contributed by atoms with van der Waals surface area (Å²) in [6, 6.07) is 14.6. The second-order valence-corrected chi connectivity index (χ2v) is 7.08. The highest BCUT2D eigenvalue weighted by Crippen LogP contribution is 2.24. The minimum Gasteiger partial charge on any atom is -0.352 e. The third-order valence-corrected chi connectivity index (χ3v) is 5.06. The second kappa shape index (κ2) is 8.79. The number of amides is 2. The van der Waals surface area contributed by atoms with Crippen LogP contribution < -0.4 is 10.6 Å². The van der Waals surface area contributed by atoms with Crippen LogP contribution in [0.4, 0.5) is 10.1 Å². The van der Waals surface area contributed by atoms with E-state index in [0.29, 0.717) is 39.7 Å². The number of carbonyl (C=O) groups excluding carboxylic acids is 2. The molecule has 0 bridgehead atoms. The van der Waals surface area contributed by atoms with Crippen LogP contribution >= 0.6 is 22.9 Å². The van der Waals surface area contributed by atoms with E-state index >= 15 is 0 Å². The quantitative estimate of drug-likeness (QED) is 0.624. The van der Waals surface area contributed by atoms with E-state index in [2.05, 4.69) is 10.6 Å². The molecule has 1 heterocycles. The van der Waals surface area contributed by atoms with Crippen LogP contribution in [0, 0.1) is 5.82 Å². The first-order valence-electron chi connectivity index (χ1n) is 8.20. The normalized spacial score (nSPS) is 10.4. The zero-order chi connectivity index (χ0) is 19.2. The lowest BCUT2D eigenvalue weighted by molar-refractivity contribution is 0.0952. The number of hydrogen-bond acceptors (Lipinski definition) is 3. The Balaban J connectivity index is 1.63. The van der Waals surface area contributed by atoms with Gasteiger partial charge in [-0.1, -0.05) is 35.9 Å². The molecule has 0 spiro atoms. The first-order chi connectivity index (χ1) is 13.0. The molecule has 3 rings (SSSR count). The number of carbonyl (C=O) groups is 2. The number of nitrogens with one attached hydrogen (secondary N) is 2. The van der Waals surface area contributed by atoms with Crippen LogP contribution in [-0.4, -0.2) is 18.4 Å². The SMILES string of the molecule is O=C(NCCc1ccccc1F)c1ccc(Cl)c(NC(=O)c2cccs2)c1. The maximum atomic E-state index is 13.6. The van der Waals surface area contributed by atoms with Crippen molar-refractivity contribution in [2.75, 3.05) is 11.9 Å². The zero-order valence-electron chi connectivity index (χ0n) is 14.2. The summed E-state index contributed by atoms with van der Waals surface area (Å²) in [5.74, 6) is -0.907. The Bertz CT molecular complexity index is 960. The Morgan fingerprint density at radius 1 is 1.04 bits per heavy atom. The molecule has 0 saturated heterocycles. The Morgan fingerprint density at radius 2 is 1.85 bits per heavy atom. The molecule has 0 aliphatic heterocycles. The van der Waals surface area contributed by atoms with E-state index in [4.69, 9.17) is 11.6 Å². The van der Waals surface area contributed by atoms with Crippen molar-refractivity contribution in [1.29, 1.82) is 0 Å². The van der Waals surface area contributed by atoms with Gasteiger partial charge in [0.25, 0.3) is 11.8 Å². The molecular weight excluding hydrogens is 387 g/mol. The molecular formula is C20H16ClFN2O2S. The molecule has 0 saturated carbocycles. The van der Waals surface area contributed by atoms with Crippen molar-refractivity contribution in [2.45, 2.75) is 6.42 Å². The highest BCUT2D eigenvalue weighted by Gasteiger charge is 2.13. The first kappa shape index (κ1) is 19.1. The van der Waals surface area contributed by atoms with Crippen molar-refractivity contribution in [3.05, 3.63) is 86.8 Å². The monoisotopic (exact) mass is 402 g/mol. The predicted molar refractivity (Wildman–Crippen MR) is 106 cm³/mol. The summed E-state index contributed by atoms with van der Waals surface area (Å²) < 4.78 is 13.6. The molecule has 1 aromatic heterocycles. The Hall–Kier alpha value is -2.70. The van der Waals surface area contributed by atoms with Crippen molar-refractivity contribution in [3.8, 4) is 0 Å². The molecule has 0 atom stereocenters. The van der Waals surface area contributed by atoms with Gasteiger partial charge < -0.3 is 10.6 Å². The summed E-state index contributed by atoms with van der Waals surface area (Å²) in [5.41, 5.74) is 1.25. The molecule has 27 heavy (non-hydrogen) atoms. The number of rotatable bonds is 6. The summed E-state index contributed by atoms with van der Waals surface area (Å²) in [7, 11) is 0. The average Bonchev–Trinajstić information content (AvgIpc) is 3.20. The molecule has 2 N–H and O–H groups in total. The lowest BCUT2D eigenvalue weighted by Gasteiger charge is -2.10. The molecule has 0 fully saturated rings. The highest BCUT2D eigenvalue weighted by atomic mass is 35.5. The Morgan fingerprint density at radius 3 is 2.59 bits per heavy atom. The van der Waals surface area contributed by atoms with Gasteiger partial charge in [0.1, 0.15) is 5.82 Å². The van der Waals surface area contributed by atoms with Gasteiger partial charge in [0.2, 0.25) is 0 Å². The number of benzene rings is 2. The predicted octanol–water partition coefficient (Wildman–Crippen LogP) is 4.77. The summed E-state index contributed by atoms with van der Waals surface area (Å²) in [6.45, 7) is 0.291. The molecule has 0 radical (unpaired) electrons. The van der Waals surface area contributed by atoms with E-state index < -0.39 is 0 Å². The lowest BCUT2D eigenvalue weighted by atomic mass is 10.1. The molecule has 0 unspecified atom stereocenters. The van der Waals surface area contributed by atoms with Gasteiger partial charge in [-0.25, -0.2) is 4.39 Å². The molecule has 0 aliphatic rings. The maximum Gasteiger partial charge on any atom is 0.265 e. The standard InChI is InChI=1S/C20H16ClFN2O2S/c21-15-8-7-14(12-17(15)24-20(26)18-6-3-11-27-18)19(25)23-10-9-13-4-1-2-5-16(13)22/h1-8,11-12H,9-10H2,(H,23,25)(H,24,26). The maximum absolute atomic E-state index is 13.6. The first-order valence-corrected chi connectivity index (χ1v) is 9.46. The van der Waals surface area contributed by atoms with E-state index in [1.54, 1.807) is 47.8 Å². The van der Waals surface area contributed by atoms with Crippen molar-refractivity contribution >= 4 is 40.4 Å². The average molecular weight is 403 g/mol. The Kier molecular flexibility index (Phi) is 6.21. The summed E-state index contributed by atoms with van der Waals surface area (Å²) >= 11 is 7.44. The van der Waals surface area contributed by atoms with E-state index in [-0.39, 0.29) is 17.6 Å². The van der Waals surface area contributed by atoms with Crippen molar-refractivity contribution < 1.29 is 14.0 Å². The van der Waals surface area contributed by atoms with Crippen LogP contribution in [0.25, 0.3) is 0 Å². The van der Waals surface area contributed by atoms with Crippen LogP contribution in [-0.2, 0) is 6.42 Å². The van der Waals surface area contributed by atoms with Gasteiger partial charge in [0, 0.05) is 12.1 Å².